The molecule has 78 valence electrons. The molecule has 1 aromatic rings. The van der Waals surface area contributed by atoms with Crippen LogP contribution in [0.2, 0.25) is 0 Å². The number of nitrogens with one attached hydrogen (secondary N) is 2. The van der Waals surface area contributed by atoms with Gasteiger partial charge in [-0.2, -0.15) is 0 Å². The van der Waals surface area contributed by atoms with Gasteiger partial charge in [-0.05, 0) is 31.5 Å². The van der Waals surface area contributed by atoms with E-state index in [9.17, 15) is 0 Å². The van der Waals surface area contributed by atoms with Crippen molar-refractivity contribution in [2.75, 3.05) is 12.4 Å². The molecule has 1 saturated carbocycles. The van der Waals surface area contributed by atoms with E-state index in [2.05, 4.69) is 15.5 Å². The van der Waals surface area contributed by atoms with Gasteiger partial charge in [0.15, 0.2) is 3.95 Å². The number of H-pyrrole nitrogens is 1. The van der Waals surface area contributed by atoms with Gasteiger partial charge in [0.25, 0.3) is 0 Å². The number of hydrogen-bond donors (Lipinski definition) is 2. The van der Waals surface area contributed by atoms with E-state index in [0.717, 1.165) is 18.0 Å². The third kappa shape index (κ3) is 2.13. The first-order chi connectivity index (χ1) is 6.79. The van der Waals surface area contributed by atoms with Crippen LogP contribution >= 0.6 is 23.6 Å². The Hall–Kier alpha value is -0.460. The second-order valence-electron chi connectivity index (χ2n) is 3.37. The van der Waals surface area contributed by atoms with Crippen molar-refractivity contribution in [1.82, 2.24) is 10.2 Å². The molecule has 1 heterocycles. The molecule has 1 aliphatic carbocycles. The highest BCUT2D eigenvalue weighted by molar-refractivity contribution is 7.73. The van der Waals surface area contributed by atoms with E-state index in [1.54, 1.807) is 7.11 Å². The summed E-state index contributed by atoms with van der Waals surface area (Å²) in [7, 11) is 1.76. The minimum Gasteiger partial charge on any atom is -0.379 e. The Morgan fingerprint density at radius 3 is 3.14 bits per heavy atom. The van der Waals surface area contributed by atoms with E-state index >= 15 is 0 Å². The van der Waals surface area contributed by atoms with Crippen LogP contribution in [-0.2, 0) is 4.74 Å². The van der Waals surface area contributed by atoms with Crippen LogP contribution in [-0.4, -0.2) is 29.5 Å². The van der Waals surface area contributed by atoms with Crippen LogP contribution in [0.25, 0.3) is 0 Å². The maximum atomic E-state index is 5.38. The lowest BCUT2D eigenvalue weighted by Crippen LogP contribution is -2.29. The SMILES string of the molecule is COC1CCCC1Nc1n[nH]c(=S)s1. The van der Waals surface area contributed by atoms with E-state index in [-0.39, 0.29) is 0 Å². The van der Waals surface area contributed by atoms with Gasteiger partial charge in [0, 0.05) is 7.11 Å². The summed E-state index contributed by atoms with van der Waals surface area (Å²) in [6.45, 7) is 0. The summed E-state index contributed by atoms with van der Waals surface area (Å²) in [5.74, 6) is 0. The summed E-state index contributed by atoms with van der Waals surface area (Å²) < 4.78 is 6.09. The number of rotatable bonds is 3. The van der Waals surface area contributed by atoms with Gasteiger partial charge in [-0.1, -0.05) is 11.3 Å². The number of aromatic amines is 1. The van der Waals surface area contributed by atoms with Gasteiger partial charge in [0.1, 0.15) is 0 Å². The molecular weight excluding hydrogens is 218 g/mol. The molecule has 2 unspecified atom stereocenters. The van der Waals surface area contributed by atoms with E-state index < -0.39 is 0 Å². The molecule has 2 N–H and O–H groups in total. The molecule has 0 aromatic carbocycles. The highest BCUT2D eigenvalue weighted by atomic mass is 32.1. The van der Waals surface area contributed by atoms with Crippen molar-refractivity contribution in [2.45, 2.75) is 31.4 Å². The molecule has 0 amide bonds. The standard InChI is InChI=1S/C8H13N3OS2/c1-12-6-4-2-3-5(6)9-7-10-11-8(13)14-7/h5-6H,2-4H2,1H3,(H,9,10)(H,11,13). The van der Waals surface area contributed by atoms with Crippen LogP contribution < -0.4 is 5.32 Å². The number of nitrogens with zero attached hydrogens (tertiary/aromatic N) is 1. The Bertz CT molecular complexity index is 348. The van der Waals surface area contributed by atoms with Crippen molar-refractivity contribution >= 4 is 28.7 Å². The van der Waals surface area contributed by atoms with Crippen LogP contribution in [0, 0.1) is 3.95 Å². The van der Waals surface area contributed by atoms with Crippen LogP contribution in [0.5, 0.6) is 0 Å². The Balaban J connectivity index is 2.00. The first-order valence-electron chi connectivity index (χ1n) is 4.64. The number of hydrogen-bond acceptors (Lipinski definition) is 5. The summed E-state index contributed by atoms with van der Waals surface area (Å²) in [6, 6.07) is 0.383. The zero-order valence-electron chi connectivity index (χ0n) is 7.95. The zero-order valence-corrected chi connectivity index (χ0v) is 9.58. The lowest BCUT2D eigenvalue weighted by molar-refractivity contribution is 0.101. The first-order valence-corrected chi connectivity index (χ1v) is 5.87. The average Bonchev–Trinajstić information content (AvgIpc) is 2.76. The Morgan fingerprint density at radius 1 is 1.64 bits per heavy atom. The fraction of sp³-hybridized carbons (Fsp3) is 0.750. The van der Waals surface area contributed by atoms with Crippen molar-refractivity contribution in [3.8, 4) is 0 Å². The molecule has 6 heteroatoms. The normalized spacial score (nSPS) is 26.6. The highest BCUT2D eigenvalue weighted by Crippen LogP contribution is 2.25. The largest absolute Gasteiger partial charge is 0.379 e. The van der Waals surface area contributed by atoms with Gasteiger partial charge in [0.05, 0.1) is 12.1 Å². The average molecular weight is 231 g/mol. The summed E-state index contributed by atoms with van der Waals surface area (Å²) in [4.78, 5) is 0. The molecular formula is C8H13N3OS2. The Kier molecular flexibility index (Phi) is 3.15. The number of methoxy groups -OCH3 is 1. The number of aromatic nitrogens is 2. The second-order valence-corrected chi connectivity index (χ2v) is 5.04. The van der Waals surface area contributed by atoms with E-state index in [1.807, 2.05) is 0 Å². The zero-order chi connectivity index (χ0) is 9.97. The number of ether oxygens (including phenoxy) is 1. The van der Waals surface area contributed by atoms with Gasteiger partial charge in [0.2, 0.25) is 5.13 Å². The maximum absolute atomic E-state index is 5.38. The van der Waals surface area contributed by atoms with Crippen molar-refractivity contribution in [3.05, 3.63) is 3.95 Å². The Morgan fingerprint density at radius 2 is 2.50 bits per heavy atom. The summed E-state index contributed by atoms with van der Waals surface area (Å²) in [5.41, 5.74) is 0. The molecule has 0 spiro atoms. The minimum absolute atomic E-state index is 0.312. The molecule has 1 aromatic heterocycles. The van der Waals surface area contributed by atoms with Crippen molar-refractivity contribution in [1.29, 1.82) is 0 Å². The molecule has 4 nitrogen and oxygen atoms in total. The smallest absolute Gasteiger partial charge is 0.204 e. The summed E-state index contributed by atoms with van der Waals surface area (Å²) >= 11 is 6.43. The molecule has 0 aliphatic heterocycles. The van der Waals surface area contributed by atoms with E-state index in [0.29, 0.717) is 16.1 Å². The summed E-state index contributed by atoms with van der Waals surface area (Å²) in [6.07, 6.45) is 3.80. The van der Waals surface area contributed by atoms with Crippen LogP contribution in [0.3, 0.4) is 0 Å². The fourth-order valence-electron chi connectivity index (χ4n) is 1.82. The van der Waals surface area contributed by atoms with Crippen LogP contribution in [0.4, 0.5) is 5.13 Å². The highest BCUT2D eigenvalue weighted by Gasteiger charge is 2.27. The molecule has 1 aliphatic rings. The number of anilines is 1. The molecule has 0 radical (unpaired) electrons. The molecule has 1 fully saturated rings. The molecule has 2 atom stereocenters. The second kappa shape index (κ2) is 4.37. The van der Waals surface area contributed by atoms with Gasteiger partial charge in [-0.25, -0.2) is 0 Å². The molecule has 2 rings (SSSR count). The van der Waals surface area contributed by atoms with Crippen molar-refractivity contribution in [2.24, 2.45) is 0 Å². The summed E-state index contributed by atoms with van der Waals surface area (Å²) in [5, 5.41) is 11.0. The van der Waals surface area contributed by atoms with Gasteiger partial charge in [-0.3, -0.25) is 5.10 Å². The van der Waals surface area contributed by atoms with Crippen molar-refractivity contribution < 1.29 is 4.74 Å². The van der Waals surface area contributed by atoms with E-state index in [1.165, 1.54) is 17.8 Å². The fourth-order valence-corrected chi connectivity index (χ4v) is 2.67. The maximum Gasteiger partial charge on any atom is 0.204 e. The third-order valence-electron chi connectivity index (χ3n) is 2.50. The predicted molar refractivity (Wildman–Crippen MR) is 59.4 cm³/mol. The van der Waals surface area contributed by atoms with Crippen molar-refractivity contribution in [3.63, 3.8) is 0 Å². The van der Waals surface area contributed by atoms with Crippen LogP contribution in [0.1, 0.15) is 19.3 Å². The molecule has 0 bridgehead atoms. The molecule has 14 heavy (non-hydrogen) atoms. The quantitative estimate of drug-likeness (QED) is 0.783. The van der Waals surface area contributed by atoms with Gasteiger partial charge in [-0.15, -0.1) is 5.10 Å². The van der Waals surface area contributed by atoms with Gasteiger partial charge >= 0.3 is 0 Å². The van der Waals surface area contributed by atoms with Crippen LogP contribution in [0.15, 0.2) is 0 Å². The lowest BCUT2D eigenvalue weighted by Gasteiger charge is -2.18. The predicted octanol–water partition coefficient (Wildman–Crippen LogP) is 2.18. The Labute approximate surface area is 91.7 Å². The minimum atomic E-state index is 0.312. The molecule has 0 saturated heterocycles. The monoisotopic (exact) mass is 231 g/mol. The van der Waals surface area contributed by atoms with Gasteiger partial charge < -0.3 is 10.1 Å². The van der Waals surface area contributed by atoms with E-state index in [4.69, 9.17) is 17.0 Å². The third-order valence-corrected chi connectivity index (χ3v) is 3.52. The first kappa shape index (κ1) is 10.1. The topological polar surface area (TPSA) is 49.9 Å². The lowest BCUT2D eigenvalue weighted by atomic mass is 10.2.